The molecule has 2 aromatic rings. The van der Waals surface area contributed by atoms with E-state index in [1.165, 1.54) is 16.9 Å². The van der Waals surface area contributed by atoms with Crippen LogP contribution in [0.1, 0.15) is 21.7 Å². The normalized spacial score (nSPS) is 10.8. The van der Waals surface area contributed by atoms with Crippen LogP contribution in [-0.2, 0) is 6.54 Å². The molecule has 0 fully saturated rings. The Morgan fingerprint density at radius 1 is 1.33 bits per heavy atom. The van der Waals surface area contributed by atoms with Crippen LogP contribution in [0.5, 0.6) is 0 Å². The molecular weight excluding hydrogens is 300 g/mol. The van der Waals surface area contributed by atoms with Crippen molar-refractivity contribution in [2.75, 3.05) is 20.1 Å². The third-order valence-electron chi connectivity index (χ3n) is 3.11. The third-order valence-corrected chi connectivity index (χ3v) is 4.47. The molecule has 21 heavy (non-hydrogen) atoms. The first kappa shape index (κ1) is 16.1. The van der Waals surface area contributed by atoms with Gasteiger partial charge in [0.2, 0.25) is 0 Å². The van der Waals surface area contributed by atoms with Gasteiger partial charge in [-0.25, -0.2) is 0 Å². The number of nitrogens with zero attached hydrogens (tertiary/aromatic N) is 1. The summed E-state index contributed by atoms with van der Waals surface area (Å²) < 4.78 is 0. The zero-order valence-electron chi connectivity index (χ0n) is 12.1. The van der Waals surface area contributed by atoms with Crippen molar-refractivity contribution in [3.05, 3.63) is 52.2 Å². The van der Waals surface area contributed by atoms with Crippen molar-refractivity contribution in [1.29, 1.82) is 0 Å². The Bertz CT molecular complexity index is 569. The first-order chi connectivity index (χ1) is 10.1. The fraction of sp³-hybridized carbons (Fsp3) is 0.312. The molecule has 1 aromatic heterocycles. The van der Waals surface area contributed by atoms with Gasteiger partial charge in [-0.3, -0.25) is 4.79 Å². The summed E-state index contributed by atoms with van der Waals surface area (Å²) in [6, 6.07) is 12.2. The van der Waals surface area contributed by atoms with Crippen molar-refractivity contribution >= 4 is 29.9 Å². The largest absolute Gasteiger partial charge is 0.351 e. The molecule has 1 heterocycles. The first-order valence-corrected chi connectivity index (χ1v) is 8.26. The molecule has 0 bridgehead atoms. The van der Waals surface area contributed by atoms with Crippen molar-refractivity contribution in [3.63, 3.8) is 0 Å². The van der Waals surface area contributed by atoms with Gasteiger partial charge < -0.3 is 10.2 Å². The Morgan fingerprint density at radius 3 is 2.76 bits per heavy atom. The van der Waals surface area contributed by atoms with Crippen molar-refractivity contribution in [2.24, 2.45) is 0 Å². The van der Waals surface area contributed by atoms with Gasteiger partial charge in [-0.15, -0.1) is 24.0 Å². The maximum Gasteiger partial charge on any atom is 0.261 e. The average molecular weight is 320 g/mol. The molecule has 0 aliphatic heterocycles. The van der Waals surface area contributed by atoms with Crippen molar-refractivity contribution in [2.45, 2.75) is 17.9 Å². The molecule has 0 atom stereocenters. The van der Waals surface area contributed by atoms with E-state index in [9.17, 15) is 4.79 Å². The second kappa shape index (κ2) is 8.22. The van der Waals surface area contributed by atoms with E-state index in [1.54, 1.807) is 6.07 Å². The second-order valence-electron chi connectivity index (χ2n) is 5.00. The van der Waals surface area contributed by atoms with E-state index in [0.717, 1.165) is 29.3 Å². The molecule has 5 heteroatoms. The van der Waals surface area contributed by atoms with Gasteiger partial charge >= 0.3 is 0 Å². The summed E-state index contributed by atoms with van der Waals surface area (Å²) >= 11 is 5.63. The fourth-order valence-corrected chi connectivity index (χ4v) is 3.12. The Balaban J connectivity index is 1.64. The van der Waals surface area contributed by atoms with Gasteiger partial charge in [0.25, 0.3) is 5.91 Å². The second-order valence-corrected chi connectivity index (χ2v) is 6.43. The molecule has 0 unspecified atom stereocenters. The average Bonchev–Trinajstić information content (AvgIpc) is 2.91. The minimum Gasteiger partial charge on any atom is -0.351 e. The lowest BCUT2D eigenvalue weighted by Gasteiger charge is -2.16. The maximum atomic E-state index is 11.8. The number of carbonyl (C=O) groups is 1. The van der Waals surface area contributed by atoms with Gasteiger partial charge in [0, 0.05) is 23.4 Å². The van der Waals surface area contributed by atoms with Crippen LogP contribution < -0.4 is 5.32 Å². The monoisotopic (exact) mass is 320 g/mol. The molecule has 0 aliphatic carbocycles. The molecule has 1 aromatic carbocycles. The smallest absolute Gasteiger partial charge is 0.261 e. The van der Waals surface area contributed by atoms with Crippen molar-refractivity contribution in [3.8, 4) is 0 Å². The Hall–Kier alpha value is -1.30. The van der Waals surface area contributed by atoms with Gasteiger partial charge in [-0.05, 0) is 31.6 Å². The first-order valence-electron chi connectivity index (χ1n) is 6.93. The summed E-state index contributed by atoms with van der Waals surface area (Å²) in [6.45, 7) is 2.58. The summed E-state index contributed by atoms with van der Waals surface area (Å²) in [4.78, 5) is 15.7. The highest BCUT2D eigenvalue weighted by Gasteiger charge is 2.07. The number of benzene rings is 1. The summed E-state index contributed by atoms with van der Waals surface area (Å²) in [7, 11) is 2.10. The lowest BCUT2D eigenvalue weighted by Crippen LogP contribution is -2.27. The van der Waals surface area contributed by atoms with Crippen LogP contribution in [0.25, 0.3) is 0 Å². The molecule has 1 amide bonds. The van der Waals surface area contributed by atoms with Crippen LogP contribution in [-0.4, -0.2) is 30.9 Å². The van der Waals surface area contributed by atoms with E-state index in [2.05, 4.69) is 54.2 Å². The fourth-order valence-electron chi connectivity index (χ4n) is 2.06. The van der Waals surface area contributed by atoms with Gasteiger partial charge in [0.05, 0.1) is 4.88 Å². The predicted octanol–water partition coefficient (Wildman–Crippen LogP) is 3.29. The number of hydrogen-bond acceptors (Lipinski definition) is 4. The molecule has 0 saturated carbocycles. The zero-order valence-corrected chi connectivity index (χ0v) is 13.8. The van der Waals surface area contributed by atoms with E-state index >= 15 is 0 Å². The number of carbonyl (C=O) groups excluding carboxylic acids is 1. The Morgan fingerprint density at radius 2 is 2.10 bits per heavy atom. The van der Waals surface area contributed by atoms with Gasteiger partial charge in [-0.1, -0.05) is 30.3 Å². The quantitative estimate of drug-likeness (QED) is 0.606. The van der Waals surface area contributed by atoms with Crippen LogP contribution in [0, 0.1) is 0 Å². The Kier molecular flexibility index (Phi) is 6.29. The molecule has 112 valence electrons. The summed E-state index contributed by atoms with van der Waals surface area (Å²) in [5.74, 6) is -0.00832. The molecule has 0 spiro atoms. The molecule has 1 N–H and O–H groups in total. The molecule has 2 rings (SSSR count). The number of amides is 1. The van der Waals surface area contributed by atoms with E-state index in [1.807, 2.05) is 11.4 Å². The minimum atomic E-state index is -0.00832. The Labute approximate surface area is 135 Å². The van der Waals surface area contributed by atoms with E-state index in [4.69, 9.17) is 0 Å². The van der Waals surface area contributed by atoms with Crippen LogP contribution in [0.2, 0.25) is 0 Å². The lowest BCUT2D eigenvalue weighted by atomic mass is 10.2. The highest BCUT2D eigenvalue weighted by atomic mass is 32.1. The highest BCUT2D eigenvalue weighted by molar-refractivity contribution is 7.80. The van der Waals surface area contributed by atoms with Gasteiger partial charge in [0.1, 0.15) is 0 Å². The zero-order chi connectivity index (χ0) is 15.1. The van der Waals surface area contributed by atoms with Crippen LogP contribution in [0.3, 0.4) is 0 Å². The van der Waals surface area contributed by atoms with Gasteiger partial charge in [0.15, 0.2) is 0 Å². The molecule has 3 nitrogen and oxygen atoms in total. The van der Waals surface area contributed by atoms with E-state index in [0.29, 0.717) is 6.54 Å². The van der Waals surface area contributed by atoms with Crippen molar-refractivity contribution in [1.82, 2.24) is 10.2 Å². The summed E-state index contributed by atoms with van der Waals surface area (Å²) in [5.41, 5.74) is 1.31. The SMILES string of the molecule is CN(CCCNC(=O)c1cc(S)cs1)Cc1ccccc1. The van der Waals surface area contributed by atoms with Gasteiger partial charge in [-0.2, -0.15) is 0 Å². The molecular formula is C16H20N2OS2. The topological polar surface area (TPSA) is 32.3 Å². The van der Waals surface area contributed by atoms with E-state index in [-0.39, 0.29) is 5.91 Å². The maximum absolute atomic E-state index is 11.8. The standard InChI is InChI=1S/C16H20N2OS2/c1-18(11-13-6-3-2-4-7-13)9-5-8-17-16(19)15-10-14(20)12-21-15/h2-4,6-7,10,12,20H,5,8-9,11H2,1H3,(H,17,19). The summed E-state index contributed by atoms with van der Waals surface area (Å²) in [6.07, 6.45) is 0.939. The lowest BCUT2D eigenvalue weighted by molar-refractivity contribution is 0.0956. The molecule has 0 aliphatic rings. The number of rotatable bonds is 7. The predicted molar refractivity (Wildman–Crippen MR) is 91.3 cm³/mol. The number of thiophene rings is 1. The van der Waals surface area contributed by atoms with Crippen LogP contribution in [0.4, 0.5) is 0 Å². The molecule has 0 radical (unpaired) electrons. The summed E-state index contributed by atoms with van der Waals surface area (Å²) in [5, 5.41) is 4.81. The van der Waals surface area contributed by atoms with E-state index < -0.39 is 0 Å². The third kappa shape index (κ3) is 5.53. The number of nitrogens with one attached hydrogen (secondary N) is 1. The number of thiol groups is 1. The highest BCUT2D eigenvalue weighted by Crippen LogP contribution is 2.17. The number of hydrogen-bond donors (Lipinski definition) is 2. The molecule has 0 saturated heterocycles. The minimum absolute atomic E-state index is 0.00832. The van der Waals surface area contributed by atoms with Crippen LogP contribution >= 0.6 is 24.0 Å². The van der Waals surface area contributed by atoms with Crippen LogP contribution in [0.15, 0.2) is 46.7 Å². The van der Waals surface area contributed by atoms with Crippen molar-refractivity contribution < 1.29 is 4.79 Å².